The van der Waals surface area contributed by atoms with Gasteiger partial charge in [-0.15, -0.1) is 0 Å². The van der Waals surface area contributed by atoms with E-state index in [0.29, 0.717) is 34.4 Å². The second-order valence-electron chi connectivity index (χ2n) is 9.89. The summed E-state index contributed by atoms with van der Waals surface area (Å²) in [7, 11) is 0. The number of unbranched alkanes of at least 4 members (excludes halogenated alkanes) is 1. The molecule has 0 spiro atoms. The Kier molecular flexibility index (Phi) is 10.1. The van der Waals surface area contributed by atoms with Crippen molar-refractivity contribution in [1.82, 2.24) is 5.32 Å². The monoisotopic (exact) mass is 613 g/mol. The Labute approximate surface area is 251 Å². The highest BCUT2D eigenvalue weighted by Gasteiger charge is 2.30. The highest BCUT2D eigenvalue weighted by atomic mass is 35.5. The normalized spacial score (nSPS) is 12.0. The van der Waals surface area contributed by atoms with Crippen molar-refractivity contribution in [1.29, 1.82) is 0 Å². The zero-order valence-electron chi connectivity index (χ0n) is 23.1. The van der Waals surface area contributed by atoms with Gasteiger partial charge in [-0.3, -0.25) is 4.79 Å². The third-order valence-electron chi connectivity index (χ3n) is 6.75. The highest BCUT2D eigenvalue weighted by molar-refractivity contribution is 6.31. The predicted octanol–water partition coefficient (Wildman–Crippen LogP) is 8.44. The molecule has 2 N–H and O–H groups in total. The van der Waals surface area contributed by atoms with Crippen LogP contribution < -0.4 is 10.1 Å². The van der Waals surface area contributed by atoms with Crippen molar-refractivity contribution in [2.24, 2.45) is 0 Å². The van der Waals surface area contributed by atoms with Crippen LogP contribution in [0.15, 0.2) is 84.9 Å². The number of alkyl halides is 3. The molecule has 1 atom stereocenters. The topological polar surface area (TPSA) is 75.6 Å². The average Bonchev–Trinajstić information content (AvgIpc) is 2.98. The first-order valence-electron chi connectivity index (χ1n) is 13.5. The van der Waals surface area contributed by atoms with Crippen LogP contribution in [0.25, 0.3) is 22.3 Å². The van der Waals surface area contributed by atoms with Gasteiger partial charge in [-0.05, 0) is 70.6 Å². The molecule has 1 amide bonds. The number of ether oxygens (including phenoxy) is 1. The molecule has 5 nitrogen and oxygen atoms in total. The van der Waals surface area contributed by atoms with Crippen molar-refractivity contribution < 1.29 is 37.0 Å². The van der Waals surface area contributed by atoms with Gasteiger partial charge in [0, 0.05) is 6.42 Å². The maximum atomic E-state index is 13.7. The summed E-state index contributed by atoms with van der Waals surface area (Å²) in [5.41, 5.74) is 1.87. The number of hydrogen-bond acceptors (Lipinski definition) is 3. The largest absolute Gasteiger partial charge is 0.493 e. The second kappa shape index (κ2) is 13.7. The number of halogens is 5. The number of aliphatic carboxylic acids is 1. The van der Waals surface area contributed by atoms with E-state index < -0.39 is 35.5 Å². The lowest BCUT2D eigenvalue weighted by atomic mass is 9.98. The summed E-state index contributed by atoms with van der Waals surface area (Å²) in [6.45, 7) is 2.33. The van der Waals surface area contributed by atoms with Gasteiger partial charge in [-0.2, -0.15) is 13.2 Å². The van der Waals surface area contributed by atoms with Crippen LogP contribution in [0.4, 0.5) is 17.6 Å². The molecular formula is C33H28ClF4NO4. The molecule has 0 unspecified atom stereocenters. The fourth-order valence-corrected chi connectivity index (χ4v) is 4.58. The maximum Gasteiger partial charge on any atom is 0.416 e. The van der Waals surface area contributed by atoms with Gasteiger partial charge in [0.2, 0.25) is 0 Å². The Bertz CT molecular complexity index is 1610. The summed E-state index contributed by atoms with van der Waals surface area (Å²) >= 11 is 5.94. The van der Waals surface area contributed by atoms with Crippen LogP contribution >= 0.6 is 11.6 Å². The van der Waals surface area contributed by atoms with E-state index in [1.54, 1.807) is 42.5 Å². The zero-order chi connectivity index (χ0) is 31.1. The molecular weight excluding hydrogens is 586 g/mol. The van der Waals surface area contributed by atoms with Crippen LogP contribution in [0.5, 0.6) is 5.75 Å². The first kappa shape index (κ1) is 31.6. The Hall–Kier alpha value is -4.37. The lowest BCUT2D eigenvalue weighted by Gasteiger charge is -2.18. The van der Waals surface area contributed by atoms with E-state index in [2.05, 4.69) is 5.32 Å². The molecule has 4 rings (SSSR count). The number of hydrogen-bond donors (Lipinski definition) is 2. The number of carbonyl (C=O) groups excluding carboxylic acids is 1. The van der Waals surface area contributed by atoms with Crippen molar-refractivity contribution >= 4 is 23.5 Å². The summed E-state index contributed by atoms with van der Waals surface area (Å²) in [6.07, 6.45) is -2.95. The molecule has 4 aromatic carbocycles. The molecule has 0 heterocycles. The Morgan fingerprint density at radius 2 is 1.56 bits per heavy atom. The van der Waals surface area contributed by atoms with Crippen molar-refractivity contribution in [3.63, 3.8) is 0 Å². The van der Waals surface area contributed by atoms with Crippen molar-refractivity contribution in [2.75, 3.05) is 6.61 Å². The summed E-state index contributed by atoms with van der Waals surface area (Å²) in [5.74, 6) is -2.28. The number of carboxylic acids is 1. The van der Waals surface area contributed by atoms with Gasteiger partial charge < -0.3 is 15.2 Å². The van der Waals surface area contributed by atoms with Crippen LogP contribution in [0, 0.1) is 5.82 Å². The third kappa shape index (κ3) is 8.14. The van der Waals surface area contributed by atoms with Gasteiger partial charge in [-0.25, -0.2) is 9.18 Å². The fourth-order valence-electron chi connectivity index (χ4n) is 4.40. The summed E-state index contributed by atoms with van der Waals surface area (Å²) < 4.78 is 58.9. The molecule has 0 saturated heterocycles. The average molecular weight is 614 g/mol. The van der Waals surface area contributed by atoms with Crippen LogP contribution in [0.1, 0.15) is 41.3 Å². The molecule has 43 heavy (non-hydrogen) atoms. The molecule has 0 aliphatic heterocycles. The first-order chi connectivity index (χ1) is 20.5. The molecule has 0 saturated carbocycles. The van der Waals surface area contributed by atoms with Gasteiger partial charge in [0.1, 0.15) is 17.6 Å². The van der Waals surface area contributed by atoms with Gasteiger partial charge >= 0.3 is 12.1 Å². The molecule has 0 bridgehead atoms. The van der Waals surface area contributed by atoms with Gasteiger partial charge in [0.05, 0.1) is 22.8 Å². The van der Waals surface area contributed by atoms with Gasteiger partial charge in [-0.1, -0.05) is 73.5 Å². The molecule has 0 aromatic heterocycles. The highest BCUT2D eigenvalue weighted by Crippen LogP contribution is 2.33. The quantitative estimate of drug-likeness (QED) is 0.131. The zero-order valence-corrected chi connectivity index (χ0v) is 23.8. The smallest absolute Gasteiger partial charge is 0.416 e. The number of carbonyl (C=O) groups is 2. The van der Waals surface area contributed by atoms with Gasteiger partial charge in [0.15, 0.2) is 0 Å². The van der Waals surface area contributed by atoms with Crippen LogP contribution in [-0.2, 0) is 17.4 Å². The molecule has 4 aromatic rings. The van der Waals surface area contributed by atoms with Crippen LogP contribution in [0.3, 0.4) is 0 Å². The second-order valence-corrected chi connectivity index (χ2v) is 10.3. The predicted molar refractivity (Wildman–Crippen MR) is 157 cm³/mol. The van der Waals surface area contributed by atoms with Crippen molar-refractivity contribution in [3.05, 3.63) is 112 Å². The fraction of sp³-hybridized carbons (Fsp3) is 0.212. The van der Waals surface area contributed by atoms with Crippen molar-refractivity contribution in [2.45, 2.75) is 38.4 Å². The minimum atomic E-state index is -4.48. The number of carboxylic acid groups (broad SMARTS) is 1. The number of rotatable bonds is 11. The van der Waals surface area contributed by atoms with Gasteiger partial charge in [0.25, 0.3) is 5.91 Å². The SMILES string of the molecule is CCCCOc1ccc(-c2ccc(F)c(Cl)c2)cc1C(=O)N[C@@H](Cc1ccc(-c2cccc(C(F)(F)F)c2)cc1)C(=O)O. The Morgan fingerprint density at radius 3 is 2.21 bits per heavy atom. The van der Waals surface area contributed by atoms with E-state index in [4.69, 9.17) is 16.3 Å². The lowest BCUT2D eigenvalue weighted by molar-refractivity contribution is -0.139. The maximum absolute atomic E-state index is 13.7. The molecule has 0 aliphatic rings. The van der Waals surface area contributed by atoms with E-state index in [9.17, 15) is 32.3 Å². The first-order valence-corrected chi connectivity index (χ1v) is 13.9. The van der Waals surface area contributed by atoms with E-state index in [1.807, 2.05) is 6.92 Å². The van der Waals surface area contributed by atoms with Crippen LogP contribution in [-0.4, -0.2) is 29.6 Å². The molecule has 0 radical (unpaired) electrons. The molecule has 224 valence electrons. The number of amides is 1. The standard InChI is InChI=1S/C33H28ClF4NO4/c1-2-3-15-43-30-14-12-23(24-11-13-28(35)27(34)19-24)18-26(30)31(40)39-29(32(41)42)16-20-7-9-21(10-8-20)22-5-4-6-25(17-22)33(36,37)38/h4-14,17-19,29H,2-3,15-16H2,1H3,(H,39,40)(H,41,42)/t29-/m0/s1. The van der Waals surface area contributed by atoms with E-state index >= 15 is 0 Å². The summed E-state index contributed by atoms with van der Waals surface area (Å²) in [6, 6.07) is 19.0. The molecule has 0 fully saturated rings. The summed E-state index contributed by atoms with van der Waals surface area (Å²) in [5, 5.41) is 12.4. The van der Waals surface area contributed by atoms with Crippen LogP contribution in [0.2, 0.25) is 5.02 Å². The van der Waals surface area contributed by atoms with E-state index in [0.717, 1.165) is 25.0 Å². The van der Waals surface area contributed by atoms with Crippen molar-refractivity contribution in [3.8, 4) is 28.0 Å². The minimum Gasteiger partial charge on any atom is -0.493 e. The Morgan fingerprint density at radius 1 is 0.907 bits per heavy atom. The number of benzene rings is 4. The summed E-state index contributed by atoms with van der Waals surface area (Å²) in [4.78, 5) is 25.6. The van der Waals surface area contributed by atoms with E-state index in [-0.39, 0.29) is 22.8 Å². The molecule has 10 heteroatoms. The molecule has 0 aliphatic carbocycles. The lowest BCUT2D eigenvalue weighted by Crippen LogP contribution is -2.42. The minimum absolute atomic E-state index is 0.0801. The third-order valence-corrected chi connectivity index (χ3v) is 7.04. The Balaban J connectivity index is 1.56. The van der Waals surface area contributed by atoms with E-state index in [1.165, 1.54) is 30.3 Å². The number of nitrogens with one attached hydrogen (secondary N) is 1.